The second kappa shape index (κ2) is 8.54. The third kappa shape index (κ3) is 5.20. The van der Waals surface area contributed by atoms with Crippen LogP contribution in [0, 0.1) is 17.8 Å². The molecule has 0 saturated heterocycles. The van der Waals surface area contributed by atoms with Crippen molar-refractivity contribution in [2.75, 3.05) is 13.2 Å². The van der Waals surface area contributed by atoms with Gasteiger partial charge >= 0.3 is 0 Å². The lowest BCUT2D eigenvalue weighted by molar-refractivity contribution is 0.240. The molecule has 1 N–H and O–H groups in total. The van der Waals surface area contributed by atoms with Gasteiger partial charge in [0.2, 0.25) is 0 Å². The van der Waals surface area contributed by atoms with Crippen molar-refractivity contribution in [2.45, 2.75) is 33.1 Å². The molecule has 0 aromatic carbocycles. The van der Waals surface area contributed by atoms with E-state index in [1.54, 1.807) is 12.4 Å². The number of aliphatic hydroxyl groups is 1. The quantitative estimate of drug-likeness (QED) is 0.786. The van der Waals surface area contributed by atoms with E-state index in [0.717, 1.165) is 30.8 Å². The number of aliphatic hydroxyl groups excluding tert-OH is 1. The van der Waals surface area contributed by atoms with Crippen molar-refractivity contribution in [2.24, 2.45) is 5.92 Å². The minimum atomic E-state index is 0.0886. The zero-order valence-electron chi connectivity index (χ0n) is 11.1. The highest BCUT2D eigenvalue weighted by atomic mass is 16.5. The maximum absolute atomic E-state index is 8.66. The lowest BCUT2D eigenvalue weighted by Gasteiger charge is -2.13. The smallest absolute Gasteiger partial charge is 0.138 e. The average Bonchev–Trinajstić information content (AvgIpc) is 2.41. The lowest BCUT2D eigenvalue weighted by atomic mass is 10.1. The van der Waals surface area contributed by atoms with Gasteiger partial charge in [0.15, 0.2) is 0 Å². The summed E-state index contributed by atoms with van der Waals surface area (Å²) in [6.07, 6.45) is 6.15. The van der Waals surface area contributed by atoms with Gasteiger partial charge in [0.1, 0.15) is 5.75 Å². The lowest BCUT2D eigenvalue weighted by Crippen LogP contribution is -2.10. The van der Waals surface area contributed by atoms with Crippen molar-refractivity contribution in [3.8, 4) is 17.6 Å². The van der Waals surface area contributed by atoms with Crippen LogP contribution >= 0.6 is 0 Å². The molecule has 1 heterocycles. The van der Waals surface area contributed by atoms with Crippen LogP contribution in [0.1, 0.15) is 38.7 Å². The summed E-state index contributed by atoms with van der Waals surface area (Å²) in [7, 11) is 0. The minimum Gasteiger partial charge on any atom is -0.492 e. The maximum atomic E-state index is 8.66. The van der Waals surface area contributed by atoms with Crippen molar-refractivity contribution < 1.29 is 9.84 Å². The molecule has 0 radical (unpaired) electrons. The molecule has 0 bridgehead atoms. The van der Waals surface area contributed by atoms with E-state index in [-0.39, 0.29) is 6.61 Å². The first-order valence-corrected chi connectivity index (χ1v) is 6.47. The Balaban J connectivity index is 2.57. The van der Waals surface area contributed by atoms with E-state index < -0.39 is 0 Å². The Hall–Kier alpha value is -1.53. The Bertz CT molecular complexity index is 402. The van der Waals surface area contributed by atoms with E-state index in [9.17, 15) is 0 Å². The summed E-state index contributed by atoms with van der Waals surface area (Å²) >= 11 is 0. The Labute approximate surface area is 109 Å². The van der Waals surface area contributed by atoms with Gasteiger partial charge in [0.25, 0.3) is 0 Å². The first-order valence-electron chi connectivity index (χ1n) is 6.47. The molecule has 3 heteroatoms. The molecule has 98 valence electrons. The van der Waals surface area contributed by atoms with Crippen LogP contribution in [0.2, 0.25) is 0 Å². The van der Waals surface area contributed by atoms with Gasteiger partial charge in [-0.2, -0.15) is 0 Å². The number of pyridine rings is 1. The summed E-state index contributed by atoms with van der Waals surface area (Å²) in [5.74, 6) is 7.17. The molecule has 3 nitrogen and oxygen atoms in total. The second-order valence-corrected chi connectivity index (χ2v) is 4.18. The first kappa shape index (κ1) is 14.5. The molecule has 0 fully saturated rings. The van der Waals surface area contributed by atoms with E-state index in [2.05, 4.69) is 30.7 Å². The van der Waals surface area contributed by atoms with E-state index in [1.807, 2.05) is 6.07 Å². The Morgan fingerprint density at radius 2 is 2.11 bits per heavy atom. The standard InChI is InChI=1S/C15H21NO2/c1-3-13(4-2)12-18-15-9-14(10-16-11-15)7-5-6-8-17/h9-11,13,17H,3-4,6,8,12H2,1-2H3. The molecule has 1 aromatic heterocycles. The van der Waals surface area contributed by atoms with E-state index in [4.69, 9.17) is 9.84 Å². The fourth-order valence-electron chi connectivity index (χ4n) is 1.53. The van der Waals surface area contributed by atoms with E-state index >= 15 is 0 Å². The van der Waals surface area contributed by atoms with Crippen LogP contribution < -0.4 is 4.74 Å². The number of ether oxygens (including phenoxy) is 1. The molecule has 1 rings (SSSR count). The molecule has 0 saturated carbocycles. The van der Waals surface area contributed by atoms with Crippen LogP contribution in [0.15, 0.2) is 18.5 Å². The van der Waals surface area contributed by atoms with Crippen LogP contribution in [0.25, 0.3) is 0 Å². The number of nitrogens with zero attached hydrogens (tertiary/aromatic N) is 1. The molecule has 0 aliphatic heterocycles. The number of hydrogen-bond acceptors (Lipinski definition) is 3. The molecule has 0 atom stereocenters. The molecule has 0 spiro atoms. The normalized spacial score (nSPS) is 10.0. The van der Waals surface area contributed by atoms with E-state index in [1.165, 1.54) is 0 Å². The SMILES string of the molecule is CCC(CC)COc1cncc(C#CCCO)c1. The Morgan fingerprint density at radius 3 is 2.78 bits per heavy atom. The van der Waals surface area contributed by atoms with Crippen LogP contribution in [-0.2, 0) is 0 Å². The van der Waals surface area contributed by atoms with Gasteiger partial charge in [-0.25, -0.2) is 0 Å². The van der Waals surface area contributed by atoms with Crippen molar-refractivity contribution >= 4 is 0 Å². The zero-order chi connectivity index (χ0) is 13.2. The number of rotatable bonds is 6. The molecule has 0 aliphatic rings. The summed E-state index contributed by atoms with van der Waals surface area (Å²) < 4.78 is 5.72. The van der Waals surface area contributed by atoms with Crippen LogP contribution in [0.3, 0.4) is 0 Å². The van der Waals surface area contributed by atoms with Crippen molar-refractivity contribution in [3.63, 3.8) is 0 Å². The largest absolute Gasteiger partial charge is 0.492 e. The third-order valence-corrected chi connectivity index (χ3v) is 2.82. The van der Waals surface area contributed by atoms with Gasteiger partial charge in [-0.05, 0) is 12.0 Å². The minimum absolute atomic E-state index is 0.0886. The molecular formula is C15H21NO2. The first-order chi connectivity index (χ1) is 8.80. The molecule has 0 unspecified atom stereocenters. The average molecular weight is 247 g/mol. The fourth-order valence-corrected chi connectivity index (χ4v) is 1.53. The second-order valence-electron chi connectivity index (χ2n) is 4.18. The van der Waals surface area contributed by atoms with Gasteiger partial charge in [-0.1, -0.05) is 38.5 Å². The molecule has 18 heavy (non-hydrogen) atoms. The third-order valence-electron chi connectivity index (χ3n) is 2.82. The van der Waals surface area contributed by atoms with Crippen LogP contribution in [0.5, 0.6) is 5.75 Å². The monoisotopic (exact) mass is 247 g/mol. The molecule has 0 aliphatic carbocycles. The summed E-state index contributed by atoms with van der Waals surface area (Å²) in [6, 6.07) is 1.89. The van der Waals surface area contributed by atoms with E-state index in [0.29, 0.717) is 12.3 Å². The molecular weight excluding hydrogens is 226 g/mol. The van der Waals surface area contributed by atoms with Crippen molar-refractivity contribution in [1.82, 2.24) is 4.98 Å². The highest BCUT2D eigenvalue weighted by Crippen LogP contribution is 2.14. The Kier molecular flexibility index (Phi) is 6.90. The Morgan fingerprint density at radius 1 is 1.33 bits per heavy atom. The van der Waals surface area contributed by atoms with Gasteiger partial charge in [0.05, 0.1) is 19.4 Å². The summed E-state index contributed by atoms with van der Waals surface area (Å²) in [4.78, 5) is 4.10. The summed E-state index contributed by atoms with van der Waals surface area (Å²) in [5, 5.41) is 8.66. The fraction of sp³-hybridized carbons (Fsp3) is 0.533. The van der Waals surface area contributed by atoms with Crippen molar-refractivity contribution in [3.05, 3.63) is 24.0 Å². The zero-order valence-corrected chi connectivity index (χ0v) is 11.1. The summed E-state index contributed by atoms with van der Waals surface area (Å²) in [6.45, 7) is 5.16. The highest BCUT2D eigenvalue weighted by Gasteiger charge is 2.04. The van der Waals surface area contributed by atoms with Gasteiger partial charge in [-0.3, -0.25) is 4.98 Å². The van der Waals surface area contributed by atoms with Crippen LogP contribution in [-0.4, -0.2) is 23.3 Å². The summed E-state index contributed by atoms with van der Waals surface area (Å²) in [5.41, 5.74) is 0.825. The number of aromatic nitrogens is 1. The van der Waals surface area contributed by atoms with Crippen molar-refractivity contribution in [1.29, 1.82) is 0 Å². The predicted octanol–water partition coefficient (Wildman–Crippen LogP) is 2.63. The highest BCUT2D eigenvalue weighted by molar-refractivity contribution is 5.36. The number of hydrogen-bond donors (Lipinski definition) is 1. The van der Waals surface area contributed by atoms with Gasteiger partial charge in [0, 0.05) is 18.2 Å². The predicted molar refractivity (Wildman–Crippen MR) is 72.4 cm³/mol. The topological polar surface area (TPSA) is 42.4 Å². The maximum Gasteiger partial charge on any atom is 0.138 e. The van der Waals surface area contributed by atoms with Crippen LogP contribution in [0.4, 0.5) is 0 Å². The van der Waals surface area contributed by atoms with Gasteiger partial charge < -0.3 is 9.84 Å². The molecule has 0 amide bonds. The molecule has 1 aromatic rings. The van der Waals surface area contributed by atoms with Gasteiger partial charge in [-0.15, -0.1) is 0 Å².